The van der Waals surface area contributed by atoms with Crippen molar-refractivity contribution in [3.05, 3.63) is 35.9 Å². The number of aliphatic hydroxyl groups excluding tert-OH is 1. The number of carbonyl (C=O) groups excluding carboxylic acids is 2. The van der Waals surface area contributed by atoms with E-state index in [1.807, 2.05) is 30.3 Å². The smallest absolute Gasteiger partial charge is 0.321 e. The average Bonchev–Trinajstić information content (AvgIpc) is 2.44. The van der Waals surface area contributed by atoms with Crippen molar-refractivity contribution in [2.75, 3.05) is 12.8 Å². The number of imide groups is 1. The maximum absolute atomic E-state index is 11.6. The lowest BCUT2D eigenvalue weighted by Gasteiger charge is -2.14. The lowest BCUT2D eigenvalue weighted by atomic mass is 10.1. The molecule has 0 fully saturated rings. The summed E-state index contributed by atoms with van der Waals surface area (Å²) in [7, 11) is 1.44. The predicted octanol–water partition coefficient (Wildman–Crippen LogP) is 1.30. The van der Waals surface area contributed by atoms with Gasteiger partial charge in [0.1, 0.15) is 0 Å². The fourth-order valence-corrected chi connectivity index (χ4v) is 2.23. The summed E-state index contributed by atoms with van der Waals surface area (Å²) in [6, 6.07) is 8.72. The Hall–Kier alpha value is -1.53. The molecule has 3 amide bonds. The molecule has 0 unspecified atom stereocenters. The van der Waals surface area contributed by atoms with Crippen molar-refractivity contribution in [3.8, 4) is 0 Å². The van der Waals surface area contributed by atoms with Crippen molar-refractivity contribution in [3.63, 3.8) is 0 Å². The molecule has 19 heavy (non-hydrogen) atoms. The van der Waals surface area contributed by atoms with E-state index < -0.39 is 17.4 Å². The predicted molar refractivity (Wildman–Crippen MR) is 75.9 cm³/mol. The van der Waals surface area contributed by atoms with E-state index in [2.05, 4.69) is 10.6 Å². The zero-order valence-corrected chi connectivity index (χ0v) is 11.7. The quantitative estimate of drug-likeness (QED) is 0.760. The molecule has 0 saturated heterocycles. The minimum Gasteiger partial charge on any atom is -0.388 e. The number of amides is 3. The first-order valence-corrected chi connectivity index (χ1v) is 6.96. The number of thioether (sulfide) groups is 1. The molecule has 1 aromatic carbocycles. The van der Waals surface area contributed by atoms with Crippen LogP contribution in [0.15, 0.2) is 30.3 Å². The first-order chi connectivity index (χ1) is 9.04. The van der Waals surface area contributed by atoms with Gasteiger partial charge in [0.05, 0.1) is 11.4 Å². The molecule has 0 aliphatic rings. The number of rotatable bonds is 5. The Morgan fingerprint density at radius 2 is 1.95 bits per heavy atom. The van der Waals surface area contributed by atoms with E-state index in [0.717, 1.165) is 5.56 Å². The van der Waals surface area contributed by atoms with Crippen molar-refractivity contribution >= 4 is 23.7 Å². The van der Waals surface area contributed by atoms with Crippen LogP contribution < -0.4 is 10.6 Å². The number of nitrogens with one attached hydrogen (secondary N) is 2. The molecule has 0 aliphatic heterocycles. The van der Waals surface area contributed by atoms with Gasteiger partial charge in [0.25, 0.3) is 0 Å². The average molecular weight is 282 g/mol. The van der Waals surface area contributed by atoms with Crippen LogP contribution in [0, 0.1) is 0 Å². The van der Waals surface area contributed by atoms with E-state index in [4.69, 9.17) is 0 Å². The third kappa shape index (κ3) is 5.32. The molecule has 0 heterocycles. The second kappa shape index (κ2) is 7.81. The van der Waals surface area contributed by atoms with Crippen molar-refractivity contribution in [2.24, 2.45) is 0 Å². The number of hydrogen-bond acceptors (Lipinski definition) is 4. The van der Waals surface area contributed by atoms with E-state index in [1.165, 1.54) is 18.8 Å². The molecule has 104 valence electrons. The summed E-state index contributed by atoms with van der Waals surface area (Å²) < 4.78 is 0. The standard InChI is InChI=1S/C13H18N2O3S/c1-9(12(17)15-13(18)14-2)19-8-11(16)10-6-4-3-5-7-10/h3-7,9,11,16H,8H2,1-2H3,(H2,14,15,17,18)/t9-,11+/m1/s1. The Bertz CT molecular complexity index is 425. The molecule has 0 aliphatic carbocycles. The van der Waals surface area contributed by atoms with E-state index >= 15 is 0 Å². The largest absolute Gasteiger partial charge is 0.388 e. The summed E-state index contributed by atoms with van der Waals surface area (Å²) in [6.07, 6.45) is -0.624. The number of hydrogen-bond donors (Lipinski definition) is 3. The van der Waals surface area contributed by atoms with Gasteiger partial charge in [-0.05, 0) is 12.5 Å². The summed E-state index contributed by atoms with van der Waals surface area (Å²) in [5, 5.41) is 14.1. The van der Waals surface area contributed by atoms with Gasteiger partial charge in [-0.2, -0.15) is 0 Å². The van der Waals surface area contributed by atoms with Crippen molar-refractivity contribution in [2.45, 2.75) is 18.3 Å². The molecule has 6 heteroatoms. The van der Waals surface area contributed by atoms with Gasteiger partial charge in [-0.25, -0.2) is 4.79 Å². The van der Waals surface area contributed by atoms with Gasteiger partial charge in [-0.1, -0.05) is 30.3 Å². The SMILES string of the molecule is CNC(=O)NC(=O)[C@@H](C)SC[C@H](O)c1ccccc1. The summed E-state index contributed by atoms with van der Waals surface area (Å²) in [5.74, 6) is 0.0245. The van der Waals surface area contributed by atoms with Crippen LogP contribution in [0.25, 0.3) is 0 Å². The molecule has 0 aromatic heterocycles. The topological polar surface area (TPSA) is 78.4 Å². The lowest BCUT2D eigenvalue weighted by molar-refractivity contribution is -0.119. The highest BCUT2D eigenvalue weighted by molar-refractivity contribution is 8.00. The van der Waals surface area contributed by atoms with Crippen LogP contribution in [0.4, 0.5) is 4.79 Å². The fourth-order valence-electron chi connectivity index (χ4n) is 1.36. The second-order valence-electron chi connectivity index (χ2n) is 3.97. The summed E-state index contributed by atoms with van der Waals surface area (Å²) >= 11 is 1.30. The molecule has 1 aromatic rings. The summed E-state index contributed by atoms with van der Waals surface area (Å²) in [4.78, 5) is 22.6. The van der Waals surface area contributed by atoms with Crippen LogP contribution in [-0.4, -0.2) is 35.1 Å². The van der Waals surface area contributed by atoms with Gasteiger partial charge in [0.15, 0.2) is 0 Å². The van der Waals surface area contributed by atoms with Gasteiger partial charge in [0, 0.05) is 12.8 Å². The molecular formula is C13H18N2O3S. The molecule has 0 spiro atoms. The monoisotopic (exact) mass is 282 g/mol. The second-order valence-corrected chi connectivity index (χ2v) is 5.34. The van der Waals surface area contributed by atoms with Crippen LogP contribution in [0.5, 0.6) is 0 Å². The Kier molecular flexibility index (Phi) is 6.38. The number of benzene rings is 1. The maximum atomic E-state index is 11.6. The molecule has 1 rings (SSSR count). The molecule has 3 N–H and O–H groups in total. The molecule has 0 bridgehead atoms. The molecule has 5 nitrogen and oxygen atoms in total. The lowest BCUT2D eigenvalue weighted by Crippen LogP contribution is -2.41. The highest BCUT2D eigenvalue weighted by Crippen LogP contribution is 2.21. The minimum absolute atomic E-state index is 0.371. The van der Waals surface area contributed by atoms with E-state index in [-0.39, 0.29) is 5.91 Å². The number of urea groups is 1. The summed E-state index contributed by atoms with van der Waals surface area (Å²) in [5.41, 5.74) is 0.814. The third-order valence-corrected chi connectivity index (χ3v) is 3.74. The first-order valence-electron chi connectivity index (χ1n) is 5.91. The van der Waals surface area contributed by atoms with Gasteiger partial charge >= 0.3 is 6.03 Å². The highest BCUT2D eigenvalue weighted by atomic mass is 32.2. The third-order valence-electron chi connectivity index (χ3n) is 2.52. The Labute approximate surface area is 116 Å². The minimum atomic E-state index is -0.624. The highest BCUT2D eigenvalue weighted by Gasteiger charge is 2.17. The van der Waals surface area contributed by atoms with Crippen LogP contribution in [-0.2, 0) is 4.79 Å². The molecule has 2 atom stereocenters. The van der Waals surface area contributed by atoms with Crippen molar-refractivity contribution < 1.29 is 14.7 Å². The maximum Gasteiger partial charge on any atom is 0.321 e. The van der Waals surface area contributed by atoms with Crippen LogP contribution >= 0.6 is 11.8 Å². The Morgan fingerprint density at radius 1 is 1.32 bits per heavy atom. The van der Waals surface area contributed by atoms with Crippen LogP contribution in [0.1, 0.15) is 18.6 Å². The van der Waals surface area contributed by atoms with Gasteiger partial charge in [0.2, 0.25) is 5.91 Å². The Balaban J connectivity index is 2.39. The van der Waals surface area contributed by atoms with Crippen molar-refractivity contribution in [1.82, 2.24) is 10.6 Å². The van der Waals surface area contributed by atoms with Gasteiger partial charge in [-0.15, -0.1) is 11.8 Å². The molecule has 0 saturated carbocycles. The zero-order valence-electron chi connectivity index (χ0n) is 10.9. The molecular weight excluding hydrogens is 264 g/mol. The number of carbonyl (C=O) groups is 2. The Morgan fingerprint density at radius 3 is 2.53 bits per heavy atom. The first kappa shape index (κ1) is 15.5. The van der Waals surface area contributed by atoms with E-state index in [9.17, 15) is 14.7 Å². The van der Waals surface area contributed by atoms with E-state index in [1.54, 1.807) is 6.92 Å². The van der Waals surface area contributed by atoms with E-state index in [0.29, 0.717) is 5.75 Å². The van der Waals surface area contributed by atoms with Crippen LogP contribution in [0.3, 0.4) is 0 Å². The van der Waals surface area contributed by atoms with Gasteiger partial charge < -0.3 is 10.4 Å². The molecule has 0 radical (unpaired) electrons. The summed E-state index contributed by atoms with van der Waals surface area (Å²) in [6.45, 7) is 1.70. The zero-order chi connectivity index (χ0) is 14.3. The normalized spacial score (nSPS) is 13.4. The van der Waals surface area contributed by atoms with Crippen LogP contribution in [0.2, 0.25) is 0 Å². The van der Waals surface area contributed by atoms with Crippen molar-refractivity contribution in [1.29, 1.82) is 0 Å². The van der Waals surface area contributed by atoms with Gasteiger partial charge in [-0.3, -0.25) is 10.1 Å². The number of aliphatic hydroxyl groups is 1. The fraction of sp³-hybridized carbons (Fsp3) is 0.385.